The van der Waals surface area contributed by atoms with E-state index in [-0.39, 0.29) is 0 Å². The van der Waals surface area contributed by atoms with Crippen molar-refractivity contribution >= 4 is 128 Å². The lowest BCUT2D eigenvalue weighted by Gasteiger charge is -2.14. The Balaban J connectivity index is 0.757. The van der Waals surface area contributed by atoms with Gasteiger partial charge in [-0.3, -0.25) is 9.97 Å². The van der Waals surface area contributed by atoms with E-state index in [1.807, 2.05) is 22.7 Å². The first kappa shape index (κ1) is 48.9. The molecule has 4 heteroatoms. The fraction of sp³-hybridized carbons (Fsp3) is 0. The molecule has 0 radical (unpaired) electrons. The van der Waals surface area contributed by atoms with Crippen molar-refractivity contribution in [3.63, 3.8) is 0 Å². The minimum absolute atomic E-state index is 0.950. The number of pyridine rings is 2. The normalized spacial score (nSPS) is 12.0. The summed E-state index contributed by atoms with van der Waals surface area (Å²) in [4.78, 5) is 10.4. The molecule has 0 atom stereocenters. The van der Waals surface area contributed by atoms with Crippen LogP contribution in [0.3, 0.4) is 0 Å². The van der Waals surface area contributed by atoms with Crippen molar-refractivity contribution in [1.82, 2.24) is 9.97 Å². The van der Waals surface area contributed by atoms with E-state index in [9.17, 15) is 0 Å². The zero-order valence-corrected chi connectivity index (χ0v) is 48.1. The number of aromatic nitrogens is 2. The van der Waals surface area contributed by atoms with Crippen LogP contribution in [0.4, 0.5) is 0 Å². The lowest BCUT2D eigenvalue weighted by molar-refractivity contribution is 1.36. The van der Waals surface area contributed by atoms with E-state index in [4.69, 9.17) is 9.97 Å². The van der Waals surface area contributed by atoms with Crippen LogP contribution in [0.2, 0.25) is 0 Å². The van der Waals surface area contributed by atoms with Crippen molar-refractivity contribution in [2.75, 3.05) is 0 Å². The summed E-state index contributed by atoms with van der Waals surface area (Å²) < 4.78 is 5.20. The summed E-state index contributed by atoms with van der Waals surface area (Å²) in [7, 11) is 0. The number of fused-ring (bicyclic) bond motifs is 18. The second-order valence-electron chi connectivity index (χ2n) is 22.7. The molecule has 0 aliphatic heterocycles. The highest BCUT2D eigenvalue weighted by atomic mass is 32.1. The molecule has 0 fully saturated rings. The van der Waals surface area contributed by atoms with E-state index in [1.54, 1.807) is 0 Å². The molecule has 4 aromatic heterocycles. The third-order valence-electron chi connectivity index (χ3n) is 17.9. The predicted molar refractivity (Wildman–Crippen MR) is 371 cm³/mol. The molecule has 18 rings (SSSR count). The van der Waals surface area contributed by atoms with Crippen LogP contribution >= 0.6 is 22.7 Å². The molecule has 398 valence electrons. The van der Waals surface area contributed by atoms with E-state index in [2.05, 4.69) is 291 Å². The Morgan fingerprint density at radius 1 is 0.198 bits per heavy atom. The second kappa shape index (κ2) is 19.5. The van der Waals surface area contributed by atoms with E-state index in [1.165, 1.54) is 150 Å². The summed E-state index contributed by atoms with van der Waals surface area (Å²) in [6.45, 7) is 0. The van der Waals surface area contributed by atoms with Gasteiger partial charge >= 0.3 is 0 Å². The SMILES string of the molecule is c1ccc(-c2ccc(-c3ccc4c(c3)c3ccccc3c3cnc(-c5cccc(-c6cccc(-c7cccc8c7sc7ccccc78)c6)c5)cc43)c3c2sc2c(-c4cccc(-c5cc6c7ccccc7c7ccccc7c6cn5)c4)cccc23)cc1. The molecule has 18 aromatic rings. The van der Waals surface area contributed by atoms with E-state index in [0.717, 1.165) is 33.5 Å². The van der Waals surface area contributed by atoms with Gasteiger partial charge in [-0.05, 0) is 152 Å². The average molecular weight is 1130 g/mol. The smallest absolute Gasteiger partial charge is 0.0708 e. The lowest BCUT2D eigenvalue weighted by atomic mass is 9.90. The number of benzene rings is 14. The van der Waals surface area contributed by atoms with E-state index in [0.29, 0.717) is 0 Å². The molecule has 0 bridgehead atoms. The van der Waals surface area contributed by atoms with Gasteiger partial charge in [0.1, 0.15) is 0 Å². The van der Waals surface area contributed by atoms with Crippen LogP contribution in [0, 0.1) is 0 Å². The van der Waals surface area contributed by atoms with Crippen molar-refractivity contribution in [2.45, 2.75) is 0 Å². The molecule has 0 unspecified atom stereocenters. The Hall–Kier alpha value is -10.6. The van der Waals surface area contributed by atoms with Crippen LogP contribution in [-0.4, -0.2) is 9.97 Å². The maximum atomic E-state index is 5.22. The molecule has 0 N–H and O–H groups in total. The Morgan fingerprint density at radius 3 is 1.21 bits per heavy atom. The summed E-state index contributed by atoms with van der Waals surface area (Å²) in [5, 5.41) is 19.7. The summed E-state index contributed by atoms with van der Waals surface area (Å²) in [6.07, 6.45) is 4.17. The van der Waals surface area contributed by atoms with Gasteiger partial charge in [0.2, 0.25) is 0 Å². The standard InChI is InChI=1S/C82H48N2S2/c1-2-17-49(18-3-1)60-40-39-57(79-70-35-16-33-59(81(70)86-82(60)79)53-22-14-24-56(43-53)77-45-72-63-27-6-4-25-61(63)62-26-5-8-29-65(62)74(72)47-84-77)54-37-38-67-71(44-54)64-28-7-9-30-66(64)75-48-83-76(46-73(67)75)55-23-13-20-51(42-55)50-19-12-21-52(41-50)58-32-15-34-69-68-31-10-11-36-78(68)85-80(58)69/h1-48H. The van der Waals surface area contributed by atoms with Crippen LogP contribution in [0.1, 0.15) is 0 Å². The summed E-state index contributed by atoms with van der Waals surface area (Å²) in [5.41, 5.74) is 16.2. The fourth-order valence-corrected chi connectivity index (χ4v) is 16.5. The minimum Gasteiger partial charge on any atom is -0.256 e. The number of hydrogen-bond acceptors (Lipinski definition) is 4. The highest BCUT2D eigenvalue weighted by molar-refractivity contribution is 7.27. The lowest BCUT2D eigenvalue weighted by Crippen LogP contribution is -1.90. The maximum absolute atomic E-state index is 5.22. The van der Waals surface area contributed by atoms with Gasteiger partial charge in [-0.15, -0.1) is 22.7 Å². The summed E-state index contributed by atoms with van der Waals surface area (Å²) >= 11 is 3.78. The van der Waals surface area contributed by atoms with Gasteiger partial charge in [0, 0.05) is 74.6 Å². The zero-order valence-electron chi connectivity index (χ0n) is 46.4. The third kappa shape index (κ3) is 7.70. The van der Waals surface area contributed by atoms with Crippen molar-refractivity contribution in [3.05, 3.63) is 291 Å². The summed E-state index contributed by atoms with van der Waals surface area (Å²) in [6, 6.07) is 103. The number of thiophene rings is 2. The Kier molecular flexibility index (Phi) is 11.1. The topological polar surface area (TPSA) is 25.8 Å². The highest BCUT2D eigenvalue weighted by Crippen LogP contribution is 2.50. The van der Waals surface area contributed by atoms with Crippen LogP contribution in [0.25, 0.3) is 183 Å². The van der Waals surface area contributed by atoms with Gasteiger partial charge in [0.15, 0.2) is 0 Å². The number of nitrogens with zero attached hydrogens (tertiary/aromatic N) is 2. The molecule has 0 aliphatic rings. The first-order valence-electron chi connectivity index (χ1n) is 29.3. The molecule has 0 saturated carbocycles. The van der Waals surface area contributed by atoms with Gasteiger partial charge in [0.05, 0.1) is 11.4 Å². The Bertz CT molecular complexity index is 5820. The number of rotatable bonds is 7. The van der Waals surface area contributed by atoms with Crippen molar-refractivity contribution < 1.29 is 0 Å². The minimum atomic E-state index is 0.950. The van der Waals surface area contributed by atoms with Crippen molar-refractivity contribution in [1.29, 1.82) is 0 Å². The highest BCUT2D eigenvalue weighted by Gasteiger charge is 2.21. The molecule has 14 aromatic carbocycles. The Morgan fingerprint density at radius 2 is 0.593 bits per heavy atom. The van der Waals surface area contributed by atoms with E-state index >= 15 is 0 Å². The van der Waals surface area contributed by atoms with Crippen LogP contribution in [0.15, 0.2) is 291 Å². The molecule has 4 heterocycles. The maximum Gasteiger partial charge on any atom is 0.0708 e. The van der Waals surface area contributed by atoms with Gasteiger partial charge in [-0.2, -0.15) is 0 Å². The van der Waals surface area contributed by atoms with Gasteiger partial charge in [0.25, 0.3) is 0 Å². The van der Waals surface area contributed by atoms with Gasteiger partial charge in [-0.1, -0.05) is 237 Å². The third-order valence-corrected chi connectivity index (χ3v) is 20.4. The van der Waals surface area contributed by atoms with Gasteiger partial charge < -0.3 is 0 Å². The largest absolute Gasteiger partial charge is 0.256 e. The first-order chi connectivity index (χ1) is 42.6. The fourth-order valence-electron chi connectivity index (χ4n) is 13.9. The van der Waals surface area contributed by atoms with Crippen LogP contribution < -0.4 is 0 Å². The molecule has 86 heavy (non-hydrogen) atoms. The molecule has 2 nitrogen and oxygen atoms in total. The van der Waals surface area contributed by atoms with Crippen LogP contribution in [-0.2, 0) is 0 Å². The van der Waals surface area contributed by atoms with Crippen LogP contribution in [0.5, 0.6) is 0 Å². The monoisotopic (exact) mass is 1120 g/mol. The first-order valence-corrected chi connectivity index (χ1v) is 31.0. The Labute approximate surface area is 503 Å². The van der Waals surface area contributed by atoms with E-state index < -0.39 is 0 Å². The molecule has 0 spiro atoms. The molecule has 0 saturated heterocycles. The zero-order chi connectivity index (χ0) is 56.4. The summed E-state index contributed by atoms with van der Waals surface area (Å²) in [5.74, 6) is 0. The van der Waals surface area contributed by atoms with Crippen molar-refractivity contribution in [2.24, 2.45) is 0 Å². The van der Waals surface area contributed by atoms with Gasteiger partial charge in [-0.25, -0.2) is 0 Å². The molecule has 0 aliphatic carbocycles. The molecule has 0 amide bonds. The quantitative estimate of drug-likeness (QED) is 0.149. The molecular formula is C82H48N2S2. The molecular weight excluding hydrogens is 1080 g/mol. The number of hydrogen-bond donors (Lipinski definition) is 0. The average Bonchev–Trinajstić information content (AvgIpc) is 1.33. The van der Waals surface area contributed by atoms with Crippen molar-refractivity contribution in [3.8, 4) is 78.1 Å². The second-order valence-corrected chi connectivity index (χ2v) is 24.7. The predicted octanol–water partition coefficient (Wildman–Crippen LogP) is 23.8.